The lowest BCUT2D eigenvalue weighted by molar-refractivity contribution is -0.124. The van der Waals surface area contributed by atoms with Crippen LogP contribution in [0.2, 0.25) is 0 Å². The van der Waals surface area contributed by atoms with E-state index in [4.69, 9.17) is 10.2 Å². The van der Waals surface area contributed by atoms with Crippen LogP contribution in [-0.4, -0.2) is 33.3 Å². The summed E-state index contributed by atoms with van der Waals surface area (Å²) in [6, 6.07) is 6.49. The zero-order chi connectivity index (χ0) is 20.0. The van der Waals surface area contributed by atoms with Crippen molar-refractivity contribution in [3.05, 3.63) is 35.7 Å². The Labute approximate surface area is 161 Å². The summed E-state index contributed by atoms with van der Waals surface area (Å²) >= 11 is 0. The maximum Gasteiger partial charge on any atom is 0.267 e. The van der Waals surface area contributed by atoms with E-state index in [1.165, 1.54) is 6.08 Å². The number of hydrogen-bond acceptors (Lipinski definition) is 4. The molecule has 0 aliphatic rings. The van der Waals surface area contributed by atoms with E-state index in [2.05, 4.69) is 50.6 Å². The van der Waals surface area contributed by atoms with E-state index in [9.17, 15) is 4.79 Å². The quantitative estimate of drug-likeness (QED) is 0.287. The van der Waals surface area contributed by atoms with Gasteiger partial charge in [0.25, 0.3) is 5.91 Å². The van der Waals surface area contributed by atoms with Crippen molar-refractivity contribution in [2.24, 2.45) is 5.41 Å². The molecule has 27 heavy (non-hydrogen) atoms. The van der Waals surface area contributed by atoms with Crippen molar-refractivity contribution >= 4 is 23.0 Å². The number of carbonyl (C=O) groups excluding carboxylic acids is 1. The van der Waals surface area contributed by atoms with Gasteiger partial charge < -0.3 is 9.88 Å². The van der Waals surface area contributed by atoms with Gasteiger partial charge in [-0.3, -0.25) is 10.0 Å². The molecule has 1 aromatic heterocycles. The summed E-state index contributed by atoms with van der Waals surface area (Å²) in [7, 11) is 0. The fourth-order valence-electron chi connectivity index (χ4n) is 3.00. The first-order valence-electron chi connectivity index (χ1n) is 9.54. The highest BCUT2D eigenvalue weighted by Gasteiger charge is 2.18. The van der Waals surface area contributed by atoms with Crippen LogP contribution in [0.5, 0.6) is 0 Å². The molecule has 2 rings (SSSR count). The van der Waals surface area contributed by atoms with Crippen LogP contribution < -0.4 is 10.8 Å². The van der Waals surface area contributed by atoms with Crippen molar-refractivity contribution in [2.75, 3.05) is 6.54 Å². The summed E-state index contributed by atoms with van der Waals surface area (Å²) in [6.45, 7) is 12.9. The Balaban J connectivity index is 2.30. The van der Waals surface area contributed by atoms with Gasteiger partial charge in [-0.1, -0.05) is 40.7 Å². The van der Waals surface area contributed by atoms with E-state index >= 15 is 0 Å². The molecule has 1 heterocycles. The largest absolute Gasteiger partial charge is 0.328 e. The second kappa shape index (κ2) is 9.15. The Morgan fingerprint density at radius 3 is 2.70 bits per heavy atom. The molecule has 0 radical (unpaired) electrons. The highest BCUT2D eigenvalue weighted by Crippen LogP contribution is 2.25. The first-order chi connectivity index (χ1) is 12.7. The molecule has 2 aromatic rings. The summed E-state index contributed by atoms with van der Waals surface area (Å²) < 4.78 is 2.32. The minimum Gasteiger partial charge on any atom is -0.328 e. The van der Waals surface area contributed by atoms with Crippen LogP contribution in [0.1, 0.15) is 52.4 Å². The summed E-state index contributed by atoms with van der Waals surface area (Å²) in [5.41, 5.74) is 4.66. The van der Waals surface area contributed by atoms with Crippen molar-refractivity contribution in [1.29, 1.82) is 0 Å². The molecule has 6 nitrogen and oxygen atoms in total. The van der Waals surface area contributed by atoms with Gasteiger partial charge in [0.05, 0.1) is 11.0 Å². The van der Waals surface area contributed by atoms with Crippen LogP contribution in [0.4, 0.5) is 0 Å². The Morgan fingerprint density at radius 2 is 2.07 bits per heavy atom. The molecule has 0 saturated heterocycles. The molecule has 148 valence electrons. The van der Waals surface area contributed by atoms with Crippen LogP contribution in [0, 0.1) is 5.41 Å². The fourth-order valence-corrected chi connectivity index (χ4v) is 3.00. The SMILES string of the molecule is CC(C)NCCCn1c(CC(C)(C)C)nc2cc(/C=C/C(=O)NO)ccc21. The van der Waals surface area contributed by atoms with Gasteiger partial charge in [-0.05, 0) is 42.2 Å². The third-order valence-electron chi connectivity index (χ3n) is 4.19. The highest BCUT2D eigenvalue weighted by atomic mass is 16.5. The van der Waals surface area contributed by atoms with E-state index in [1.54, 1.807) is 11.6 Å². The lowest BCUT2D eigenvalue weighted by Crippen LogP contribution is -2.25. The molecule has 3 N–H and O–H groups in total. The highest BCUT2D eigenvalue weighted by molar-refractivity contribution is 5.91. The van der Waals surface area contributed by atoms with E-state index in [1.807, 2.05) is 12.1 Å². The minimum absolute atomic E-state index is 0.150. The number of carbonyl (C=O) groups is 1. The average Bonchev–Trinajstić information content (AvgIpc) is 2.90. The lowest BCUT2D eigenvalue weighted by Gasteiger charge is -2.19. The van der Waals surface area contributed by atoms with Gasteiger partial charge in [0.1, 0.15) is 5.82 Å². The molecule has 0 unspecified atom stereocenters. The summed E-state index contributed by atoms with van der Waals surface area (Å²) in [5, 5.41) is 12.1. The first kappa shape index (κ1) is 21.1. The number of aromatic nitrogens is 2. The van der Waals surface area contributed by atoms with Crippen LogP contribution in [0.25, 0.3) is 17.1 Å². The molecule has 6 heteroatoms. The number of nitrogens with zero attached hydrogens (tertiary/aromatic N) is 2. The molecular weight excluding hydrogens is 340 g/mol. The minimum atomic E-state index is -0.549. The average molecular weight is 373 g/mol. The Morgan fingerprint density at radius 1 is 1.33 bits per heavy atom. The van der Waals surface area contributed by atoms with Crippen molar-refractivity contribution in [2.45, 2.75) is 60.0 Å². The normalized spacial score (nSPS) is 12.4. The molecule has 0 fully saturated rings. The van der Waals surface area contributed by atoms with Crippen molar-refractivity contribution in [3.63, 3.8) is 0 Å². The maximum absolute atomic E-state index is 11.2. The molecule has 0 spiro atoms. The second-order valence-electron chi connectivity index (χ2n) is 8.44. The third kappa shape index (κ3) is 6.48. The molecule has 1 aromatic carbocycles. The Hall–Kier alpha value is -2.18. The third-order valence-corrected chi connectivity index (χ3v) is 4.19. The van der Waals surface area contributed by atoms with Crippen LogP contribution in [0.3, 0.4) is 0 Å². The topological polar surface area (TPSA) is 79.2 Å². The van der Waals surface area contributed by atoms with Gasteiger partial charge in [-0.2, -0.15) is 0 Å². The summed E-state index contributed by atoms with van der Waals surface area (Å²) in [5.74, 6) is 0.544. The zero-order valence-electron chi connectivity index (χ0n) is 17.0. The van der Waals surface area contributed by atoms with Crippen molar-refractivity contribution < 1.29 is 10.0 Å². The monoisotopic (exact) mass is 372 g/mol. The van der Waals surface area contributed by atoms with Gasteiger partial charge >= 0.3 is 0 Å². The molecule has 0 bridgehead atoms. The van der Waals surface area contributed by atoms with Gasteiger partial charge in [0.15, 0.2) is 0 Å². The molecule has 0 aliphatic heterocycles. The summed E-state index contributed by atoms with van der Waals surface area (Å²) in [4.78, 5) is 16.1. The van der Waals surface area contributed by atoms with Crippen LogP contribution in [0.15, 0.2) is 24.3 Å². The number of fused-ring (bicyclic) bond motifs is 1. The Bertz CT molecular complexity index is 800. The van der Waals surface area contributed by atoms with E-state index in [-0.39, 0.29) is 5.41 Å². The van der Waals surface area contributed by atoms with Crippen molar-refractivity contribution in [1.82, 2.24) is 20.3 Å². The fraction of sp³-hybridized carbons (Fsp3) is 0.524. The lowest BCUT2D eigenvalue weighted by atomic mass is 9.92. The smallest absolute Gasteiger partial charge is 0.267 e. The van der Waals surface area contributed by atoms with Crippen LogP contribution in [-0.2, 0) is 17.8 Å². The van der Waals surface area contributed by atoms with Gasteiger partial charge in [0.2, 0.25) is 0 Å². The number of amides is 1. The Kier molecular flexibility index (Phi) is 7.16. The van der Waals surface area contributed by atoms with E-state index in [0.717, 1.165) is 48.4 Å². The maximum atomic E-state index is 11.2. The second-order valence-corrected chi connectivity index (χ2v) is 8.44. The molecule has 1 amide bonds. The number of benzene rings is 1. The molecule has 0 atom stereocenters. The number of hydroxylamine groups is 1. The van der Waals surface area contributed by atoms with Gasteiger partial charge in [-0.15, -0.1) is 0 Å². The van der Waals surface area contributed by atoms with Crippen LogP contribution >= 0.6 is 0 Å². The zero-order valence-corrected chi connectivity index (χ0v) is 17.0. The standard InChI is InChI=1S/C21H32N4O2/c1-15(2)22-11-6-12-25-18-9-7-16(8-10-20(26)24-27)13-17(18)23-19(25)14-21(3,4)5/h7-10,13,15,22,27H,6,11-12,14H2,1-5H3,(H,24,26)/b10-8+. The number of aryl methyl sites for hydroxylation is 1. The van der Waals surface area contributed by atoms with Crippen molar-refractivity contribution in [3.8, 4) is 0 Å². The predicted molar refractivity (Wildman–Crippen MR) is 110 cm³/mol. The number of rotatable bonds is 8. The number of hydrogen-bond donors (Lipinski definition) is 3. The molecule has 0 aliphatic carbocycles. The summed E-state index contributed by atoms with van der Waals surface area (Å²) in [6.07, 6.45) is 4.91. The van der Waals surface area contributed by atoms with E-state index in [0.29, 0.717) is 6.04 Å². The van der Waals surface area contributed by atoms with Gasteiger partial charge in [0, 0.05) is 25.1 Å². The number of imidazole rings is 1. The van der Waals surface area contributed by atoms with Gasteiger partial charge in [-0.25, -0.2) is 10.5 Å². The molecule has 0 saturated carbocycles. The molecular formula is C21H32N4O2. The first-order valence-corrected chi connectivity index (χ1v) is 9.54. The van der Waals surface area contributed by atoms with E-state index < -0.39 is 5.91 Å². The predicted octanol–water partition coefficient (Wildman–Crippen LogP) is 3.53. The number of nitrogens with one attached hydrogen (secondary N) is 2.